The van der Waals surface area contributed by atoms with Crippen molar-refractivity contribution in [1.82, 2.24) is 0 Å². The Balaban J connectivity index is 3.31. The van der Waals surface area contributed by atoms with Gasteiger partial charge in [0, 0.05) is 12.0 Å². The molecule has 0 aliphatic rings. The zero-order valence-corrected chi connectivity index (χ0v) is 6.28. The molecule has 70 valence electrons. The monoisotopic (exact) mass is 192 g/mol. The van der Waals surface area contributed by atoms with Crippen LogP contribution in [0.25, 0.3) is 0 Å². The van der Waals surface area contributed by atoms with Crippen LogP contribution in [0.1, 0.15) is 5.56 Å². The van der Waals surface area contributed by atoms with E-state index < -0.39 is 35.3 Å². The normalized spacial score (nSPS) is 10.2. The quantitative estimate of drug-likeness (QED) is 0.303. The average Bonchev–Trinajstić information content (AvgIpc) is 2.11. The van der Waals surface area contributed by atoms with E-state index in [-0.39, 0.29) is 6.29 Å². The minimum absolute atomic E-state index is 0.273. The molecular formula is C8H4F4O. The summed E-state index contributed by atoms with van der Waals surface area (Å²) in [5.74, 6) is -6.79. The average molecular weight is 192 g/mol. The van der Waals surface area contributed by atoms with Gasteiger partial charge in [-0.05, 0) is 6.07 Å². The molecule has 1 rings (SSSR count). The molecule has 0 aliphatic heterocycles. The van der Waals surface area contributed by atoms with Crippen LogP contribution in [0, 0.1) is 23.3 Å². The van der Waals surface area contributed by atoms with Crippen molar-refractivity contribution in [2.24, 2.45) is 0 Å². The first-order valence-electron chi connectivity index (χ1n) is 3.33. The van der Waals surface area contributed by atoms with Crippen LogP contribution in [0.15, 0.2) is 6.07 Å². The molecule has 1 nitrogen and oxygen atoms in total. The Labute approximate surface area is 71.0 Å². The summed E-state index contributed by atoms with van der Waals surface area (Å²) in [5.41, 5.74) is -0.494. The number of carbonyl (C=O) groups excluding carboxylic acids is 1. The van der Waals surface area contributed by atoms with Gasteiger partial charge in [0.2, 0.25) is 0 Å². The van der Waals surface area contributed by atoms with Crippen molar-refractivity contribution in [2.45, 2.75) is 6.42 Å². The van der Waals surface area contributed by atoms with Crippen LogP contribution in [-0.4, -0.2) is 6.29 Å². The fourth-order valence-corrected chi connectivity index (χ4v) is 0.860. The first-order chi connectivity index (χ1) is 6.07. The SMILES string of the molecule is O=CCc1cc(F)c(F)c(F)c1F. The predicted octanol–water partition coefficient (Wildman–Crippen LogP) is 1.98. The maximum absolute atomic E-state index is 12.7. The van der Waals surface area contributed by atoms with Crippen LogP contribution in [0.2, 0.25) is 0 Å². The van der Waals surface area contributed by atoms with E-state index in [4.69, 9.17) is 0 Å². The Kier molecular flexibility index (Phi) is 2.65. The third-order valence-corrected chi connectivity index (χ3v) is 1.48. The molecule has 0 spiro atoms. The van der Waals surface area contributed by atoms with Gasteiger partial charge in [0.15, 0.2) is 23.3 Å². The summed E-state index contributed by atoms with van der Waals surface area (Å²) < 4.78 is 49.9. The Bertz CT molecular complexity index is 348. The first-order valence-corrected chi connectivity index (χ1v) is 3.33. The summed E-state index contributed by atoms with van der Waals surface area (Å²) in [7, 11) is 0. The molecule has 0 bridgehead atoms. The molecule has 0 unspecified atom stereocenters. The van der Waals surface area contributed by atoms with Crippen LogP contribution < -0.4 is 0 Å². The van der Waals surface area contributed by atoms with Gasteiger partial charge >= 0.3 is 0 Å². The van der Waals surface area contributed by atoms with Crippen molar-refractivity contribution in [1.29, 1.82) is 0 Å². The molecule has 1 aromatic carbocycles. The second-order valence-corrected chi connectivity index (χ2v) is 2.33. The van der Waals surface area contributed by atoms with Crippen molar-refractivity contribution in [3.8, 4) is 0 Å². The van der Waals surface area contributed by atoms with Gasteiger partial charge in [-0.25, -0.2) is 17.6 Å². The van der Waals surface area contributed by atoms with Gasteiger partial charge in [0.25, 0.3) is 0 Å². The number of benzene rings is 1. The van der Waals surface area contributed by atoms with Gasteiger partial charge in [-0.2, -0.15) is 0 Å². The highest BCUT2D eigenvalue weighted by molar-refractivity contribution is 5.55. The van der Waals surface area contributed by atoms with E-state index >= 15 is 0 Å². The van der Waals surface area contributed by atoms with Gasteiger partial charge in [0.05, 0.1) is 0 Å². The summed E-state index contributed by atoms with van der Waals surface area (Å²) in [6.07, 6.45) is -0.213. The van der Waals surface area contributed by atoms with Crippen LogP contribution in [0.3, 0.4) is 0 Å². The number of aldehydes is 1. The van der Waals surface area contributed by atoms with E-state index in [1.54, 1.807) is 0 Å². The molecule has 0 aromatic heterocycles. The Morgan fingerprint density at radius 1 is 1.08 bits per heavy atom. The second-order valence-electron chi connectivity index (χ2n) is 2.33. The van der Waals surface area contributed by atoms with E-state index in [0.29, 0.717) is 6.07 Å². The van der Waals surface area contributed by atoms with Crippen LogP contribution in [0.5, 0.6) is 0 Å². The molecule has 0 heterocycles. The summed E-state index contributed by atoms with van der Waals surface area (Å²) in [6, 6.07) is 0.460. The molecule has 13 heavy (non-hydrogen) atoms. The van der Waals surface area contributed by atoms with E-state index in [0.717, 1.165) is 0 Å². The Hall–Kier alpha value is -1.39. The first kappa shape index (κ1) is 9.70. The molecule has 0 N–H and O–H groups in total. The molecular weight excluding hydrogens is 188 g/mol. The highest BCUT2D eigenvalue weighted by Crippen LogP contribution is 2.18. The van der Waals surface area contributed by atoms with Gasteiger partial charge < -0.3 is 4.79 Å². The molecule has 0 atom stereocenters. The van der Waals surface area contributed by atoms with Crippen molar-refractivity contribution in [2.75, 3.05) is 0 Å². The largest absolute Gasteiger partial charge is 0.303 e. The van der Waals surface area contributed by atoms with Crippen LogP contribution in [-0.2, 0) is 11.2 Å². The van der Waals surface area contributed by atoms with Gasteiger partial charge in [-0.15, -0.1) is 0 Å². The number of halogens is 4. The second kappa shape index (κ2) is 3.55. The minimum Gasteiger partial charge on any atom is -0.303 e. The molecule has 0 radical (unpaired) electrons. The number of hydrogen-bond acceptors (Lipinski definition) is 1. The lowest BCUT2D eigenvalue weighted by atomic mass is 10.1. The Morgan fingerprint density at radius 3 is 2.23 bits per heavy atom. The zero-order valence-electron chi connectivity index (χ0n) is 6.28. The Morgan fingerprint density at radius 2 is 1.69 bits per heavy atom. The van der Waals surface area contributed by atoms with Crippen molar-refractivity contribution in [3.05, 3.63) is 34.9 Å². The zero-order chi connectivity index (χ0) is 10.0. The summed E-state index contributed by atoms with van der Waals surface area (Å²) in [6.45, 7) is 0. The number of rotatable bonds is 2. The molecule has 0 fully saturated rings. The van der Waals surface area contributed by atoms with Crippen molar-refractivity contribution < 1.29 is 22.4 Å². The van der Waals surface area contributed by atoms with Crippen LogP contribution in [0.4, 0.5) is 17.6 Å². The third kappa shape index (κ3) is 1.68. The topological polar surface area (TPSA) is 17.1 Å². The smallest absolute Gasteiger partial charge is 0.197 e. The predicted molar refractivity (Wildman–Crippen MR) is 36.0 cm³/mol. The highest BCUT2D eigenvalue weighted by Gasteiger charge is 2.17. The van der Waals surface area contributed by atoms with Gasteiger partial charge in [-0.1, -0.05) is 0 Å². The summed E-state index contributed by atoms with van der Waals surface area (Å²) in [4.78, 5) is 9.93. The summed E-state index contributed by atoms with van der Waals surface area (Å²) >= 11 is 0. The van der Waals surface area contributed by atoms with Crippen LogP contribution >= 0.6 is 0 Å². The fourth-order valence-electron chi connectivity index (χ4n) is 0.860. The minimum atomic E-state index is -1.89. The molecule has 0 aliphatic carbocycles. The van der Waals surface area contributed by atoms with E-state index in [9.17, 15) is 22.4 Å². The molecule has 5 heteroatoms. The lowest BCUT2D eigenvalue weighted by molar-refractivity contribution is -0.107. The van der Waals surface area contributed by atoms with Crippen molar-refractivity contribution in [3.63, 3.8) is 0 Å². The highest BCUT2D eigenvalue weighted by atomic mass is 19.2. The van der Waals surface area contributed by atoms with E-state index in [2.05, 4.69) is 0 Å². The number of hydrogen-bond donors (Lipinski definition) is 0. The molecule has 0 saturated heterocycles. The van der Waals surface area contributed by atoms with Gasteiger partial charge in [-0.3, -0.25) is 0 Å². The maximum Gasteiger partial charge on any atom is 0.197 e. The third-order valence-electron chi connectivity index (χ3n) is 1.48. The van der Waals surface area contributed by atoms with Crippen molar-refractivity contribution >= 4 is 6.29 Å². The molecule has 0 amide bonds. The standard InChI is InChI=1S/C8H4F4O/c9-5-3-4(1-2-13)6(10)8(12)7(5)11/h2-3H,1H2. The summed E-state index contributed by atoms with van der Waals surface area (Å²) in [5, 5.41) is 0. The number of carbonyl (C=O) groups is 1. The lowest BCUT2D eigenvalue weighted by Gasteiger charge is -2.01. The lowest BCUT2D eigenvalue weighted by Crippen LogP contribution is -2.01. The van der Waals surface area contributed by atoms with E-state index in [1.165, 1.54) is 0 Å². The maximum atomic E-state index is 12.7. The molecule has 1 aromatic rings. The molecule has 0 saturated carbocycles. The fraction of sp³-hybridized carbons (Fsp3) is 0.125. The van der Waals surface area contributed by atoms with E-state index in [1.807, 2.05) is 0 Å². The van der Waals surface area contributed by atoms with Gasteiger partial charge in [0.1, 0.15) is 6.29 Å².